The van der Waals surface area contributed by atoms with Crippen LogP contribution >= 0.6 is 0 Å². The van der Waals surface area contributed by atoms with Crippen LogP contribution in [0, 0.1) is 0 Å². The lowest BCUT2D eigenvalue weighted by molar-refractivity contribution is 0.402. The molecule has 0 aliphatic carbocycles. The van der Waals surface area contributed by atoms with E-state index < -0.39 is 6.17 Å². The molecule has 0 N–H and O–H groups in total. The van der Waals surface area contributed by atoms with Gasteiger partial charge in [0.15, 0.2) is 6.17 Å². The first-order chi connectivity index (χ1) is 23.2. The third kappa shape index (κ3) is 4.50. The van der Waals surface area contributed by atoms with E-state index in [9.17, 15) is 0 Å². The third-order valence-electron chi connectivity index (χ3n) is 9.18. The SMILES string of the molecule is FC(c1cccc(-c2ccccn2)c1)c1cccc(N2c3ccc4c(c3Cc3cccnc32)c2ccccc2n4-c2ccccc2)c1. The Morgan fingerprint density at radius 3 is 2.23 bits per heavy atom. The van der Waals surface area contributed by atoms with Gasteiger partial charge in [0, 0.05) is 46.5 Å². The number of pyridine rings is 2. The zero-order valence-corrected chi connectivity index (χ0v) is 25.5. The summed E-state index contributed by atoms with van der Waals surface area (Å²) in [5.74, 6) is 0.871. The minimum atomic E-state index is -1.31. The fourth-order valence-corrected chi connectivity index (χ4v) is 7.10. The number of alkyl halides is 1. The maximum atomic E-state index is 16.4. The monoisotopic (exact) mass is 608 g/mol. The van der Waals surface area contributed by atoms with Gasteiger partial charge >= 0.3 is 0 Å². The van der Waals surface area contributed by atoms with Crippen LogP contribution in [-0.4, -0.2) is 14.5 Å². The van der Waals surface area contributed by atoms with Gasteiger partial charge in [0.1, 0.15) is 5.82 Å². The summed E-state index contributed by atoms with van der Waals surface area (Å²) >= 11 is 0. The molecule has 1 aliphatic rings. The number of fused-ring (bicyclic) bond motifs is 6. The minimum Gasteiger partial charge on any atom is -0.309 e. The molecule has 0 bridgehead atoms. The van der Waals surface area contributed by atoms with Crippen LogP contribution in [0.15, 0.2) is 158 Å². The Labute approximate surface area is 272 Å². The predicted octanol–water partition coefficient (Wildman–Crippen LogP) is 10.7. The van der Waals surface area contributed by atoms with Gasteiger partial charge in [-0.25, -0.2) is 9.37 Å². The van der Waals surface area contributed by atoms with Crippen LogP contribution < -0.4 is 4.90 Å². The topological polar surface area (TPSA) is 34.0 Å². The lowest BCUT2D eigenvalue weighted by atomic mass is 9.93. The molecule has 0 spiro atoms. The molecule has 0 fully saturated rings. The molecule has 0 saturated carbocycles. The summed E-state index contributed by atoms with van der Waals surface area (Å²) in [6.45, 7) is 0. The molecule has 3 aromatic heterocycles. The summed E-state index contributed by atoms with van der Waals surface area (Å²) in [6.07, 6.45) is 3.04. The molecule has 5 heteroatoms. The Hall–Kier alpha value is -6.07. The summed E-state index contributed by atoms with van der Waals surface area (Å²) in [4.78, 5) is 11.5. The number of benzene rings is 5. The molecular formula is C42H29FN4. The summed E-state index contributed by atoms with van der Waals surface area (Å²) in [5, 5.41) is 2.44. The van der Waals surface area contributed by atoms with E-state index in [2.05, 4.69) is 81.2 Å². The zero-order valence-electron chi connectivity index (χ0n) is 25.5. The average molecular weight is 609 g/mol. The normalized spacial score (nSPS) is 13.0. The second-order valence-electron chi connectivity index (χ2n) is 11.9. The molecule has 9 rings (SSSR count). The average Bonchev–Trinajstić information content (AvgIpc) is 3.49. The van der Waals surface area contributed by atoms with Crippen LogP contribution in [-0.2, 0) is 6.42 Å². The third-order valence-corrected chi connectivity index (χ3v) is 9.18. The van der Waals surface area contributed by atoms with E-state index in [1.807, 2.05) is 85.1 Å². The van der Waals surface area contributed by atoms with Crippen molar-refractivity contribution in [3.8, 4) is 16.9 Å². The van der Waals surface area contributed by atoms with Gasteiger partial charge in [0.25, 0.3) is 0 Å². The smallest absolute Gasteiger partial charge is 0.150 e. The van der Waals surface area contributed by atoms with Gasteiger partial charge in [0.05, 0.1) is 22.4 Å². The van der Waals surface area contributed by atoms with Crippen molar-refractivity contribution in [2.45, 2.75) is 12.6 Å². The molecule has 5 aromatic carbocycles. The molecule has 0 saturated heterocycles. The first kappa shape index (κ1) is 27.3. The standard InChI is InChI=1S/C42H29FN4/c43-41(29-12-8-11-28(25-29)36-19-6-7-23-44-36)30-13-9-17-33(26-30)47-38-21-22-39-40(35(38)27-31-14-10-24-45-42(31)47)34-18-4-5-20-37(34)46(39)32-15-2-1-3-16-32/h1-26,41H,27H2. The summed E-state index contributed by atoms with van der Waals surface area (Å²) in [7, 11) is 0. The highest BCUT2D eigenvalue weighted by molar-refractivity contribution is 6.13. The highest BCUT2D eigenvalue weighted by Gasteiger charge is 2.29. The minimum absolute atomic E-state index is 0.590. The van der Waals surface area contributed by atoms with Gasteiger partial charge in [-0.05, 0) is 89.0 Å². The van der Waals surface area contributed by atoms with E-state index in [1.54, 1.807) is 6.20 Å². The molecule has 4 heterocycles. The van der Waals surface area contributed by atoms with Gasteiger partial charge in [-0.3, -0.25) is 9.88 Å². The van der Waals surface area contributed by atoms with Gasteiger partial charge < -0.3 is 4.57 Å². The number of hydrogen-bond acceptors (Lipinski definition) is 3. The van der Waals surface area contributed by atoms with Crippen molar-refractivity contribution >= 4 is 39.0 Å². The Balaban J connectivity index is 1.20. The van der Waals surface area contributed by atoms with Crippen LogP contribution in [0.3, 0.4) is 0 Å². The predicted molar refractivity (Wildman–Crippen MR) is 189 cm³/mol. The second kappa shape index (κ2) is 11.1. The number of para-hydroxylation sites is 2. The Bertz CT molecular complexity index is 2420. The Morgan fingerprint density at radius 2 is 1.36 bits per heavy atom. The van der Waals surface area contributed by atoms with Crippen LogP contribution in [0.4, 0.5) is 21.6 Å². The van der Waals surface area contributed by atoms with Crippen molar-refractivity contribution in [1.82, 2.24) is 14.5 Å². The van der Waals surface area contributed by atoms with Crippen molar-refractivity contribution in [3.05, 3.63) is 180 Å². The summed E-state index contributed by atoms with van der Waals surface area (Å²) in [5.41, 5.74) is 10.7. The van der Waals surface area contributed by atoms with Gasteiger partial charge in [-0.1, -0.05) is 78.9 Å². The second-order valence-corrected chi connectivity index (χ2v) is 11.9. The zero-order chi connectivity index (χ0) is 31.3. The summed E-state index contributed by atoms with van der Waals surface area (Å²) < 4.78 is 18.7. The number of nitrogens with zero attached hydrogens (tertiary/aromatic N) is 4. The lowest BCUT2D eigenvalue weighted by Gasteiger charge is -2.33. The van der Waals surface area contributed by atoms with Crippen molar-refractivity contribution in [3.63, 3.8) is 0 Å². The molecule has 1 unspecified atom stereocenters. The van der Waals surface area contributed by atoms with Gasteiger partial charge in [-0.15, -0.1) is 0 Å². The van der Waals surface area contributed by atoms with Crippen molar-refractivity contribution < 1.29 is 4.39 Å². The Morgan fingerprint density at radius 1 is 0.596 bits per heavy atom. The van der Waals surface area contributed by atoms with E-state index in [0.717, 1.165) is 51.6 Å². The van der Waals surface area contributed by atoms with E-state index >= 15 is 4.39 Å². The number of halogens is 1. The van der Waals surface area contributed by atoms with Crippen LogP contribution in [0.1, 0.15) is 28.4 Å². The molecule has 0 radical (unpaired) electrons. The highest BCUT2D eigenvalue weighted by atomic mass is 19.1. The van der Waals surface area contributed by atoms with Crippen LogP contribution in [0.5, 0.6) is 0 Å². The summed E-state index contributed by atoms with van der Waals surface area (Å²) in [6, 6.07) is 48.9. The fourth-order valence-electron chi connectivity index (χ4n) is 7.10. The van der Waals surface area contributed by atoms with E-state index in [0.29, 0.717) is 11.1 Å². The molecule has 1 atom stereocenters. The maximum absolute atomic E-state index is 16.4. The number of hydrogen-bond donors (Lipinski definition) is 0. The van der Waals surface area contributed by atoms with E-state index in [1.165, 1.54) is 21.9 Å². The first-order valence-corrected chi connectivity index (χ1v) is 15.8. The fraction of sp³-hybridized carbons (Fsp3) is 0.0476. The lowest BCUT2D eigenvalue weighted by Crippen LogP contribution is -2.20. The maximum Gasteiger partial charge on any atom is 0.150 e. The molecule has 4 nitrogen and oxygen atoms in total. The van der Waals surface area contributed by atoms with Gasteiger partial charge in [0.2, 0.25) is 0 Å². The van der Waals surface area contributed by atoms with Crippen LogP contribution in [0.25, 0.3) is 38.8 Å². The van der Waals surface area contributed by atoms with Gasteiger partial charge in [-0.2, -0.15) is 0 Å². The van der Waals surface area contributed by atoms with E-state index in [4.69, 9.17) is 4.98 Å². The number of aromatic nitrogens is 3. The number of rotatable bonds is 5. The molecule has 47 heavy (non-hydrogen) atoms. The first-order valence-electron chi connectivity index (χ1n) is 15.8. The molecule has 224 valence electrons. The van der Waals surface area contributed by atoms with Crippen LogP contribution in [0.2, 0.25) is 0 Å². The van der Waals surface area contributed by atoms with Crippen molar-refractivity contribution in [2.24, 2.45) is 0 Å². The largest absolute Gasteiger partial charge is 0.309 e. The molecule has 8 aromatic rings. The van der Waals surface area contributed by atoms with E-state index in [-0.39, 0.29) is 0 Å². The van der Waals surface area contributed by atoms with Crippen molar-refractivity contribution in [2.75, 3.05) is 4.90 Å². The quantitative estimate of drug-likeness (QED) is 0.195. The molecule has 0 amide bonds. The highest BCUT2D eigenvalue weighted by Crippen LogP contribution is 2.48. The number of anilines is 3. The molecule has 1 aliphatic heterocycles. The molecular weight excluding hydrogens is 579 g/mol. The van der Waals surface area contributed by atoms with Crippen molar-refractivity contribution in [1.29, 1.82) is 0 Å². The Kier molecular flexibility index (Phi) is 6.42.